The van der Waals surface area contributed by atoms with Crippen LogP contribution in [0.5, 0.6) is 0 Å². The summed E-state index contributed by atoms with van der Waals surface area (Å²) >= 11 is 11.4. The van der Waals surface area contributed by atoms with E-state index in [1.165, 1.54) is 64.0 Å². The van der Waals surface area contributed by atoms with Gasteiger partial charge in [0.2, 0.25) is 0 Å². The third kappa shape index (κ3) is 11.6. The van der Waals surface area contributed by atoms with E-state index >= 15 is 0 Å². The van der Waals surface area contributed by atoms with Crippen LogP contribution < -0.4 is 5.46 Å². The van der Waals surface area contributed by atoms with Crippen LogP contribution >= 0.6 is 77.0 Å². The van der Waals surface area contributed by atoms with E-state index in [9.17, 15) is 0 Å². The number of alkyl halides is 1. The highest BCUT2D eigenvalue weighted by Gasteiger charge is 2.32. The highest BCUT2D eigenvalue weighted by molar-refractivity contribution is 14.1. The molecule has 0 aliphatic heterocycles. The first-order valence-corrected chi connectivity index (χ1v) is 25.5. The molecule has 2 aromatic heterocycles. The molecular formula is C55H49BBr2I2N2O2. The molecule has 0 unspecified atom stereocenters. The lowest BCUT2D eigenvalue weighted by Gasteiger charge is -2.31. The number of rotatable bonds is 4. The fourth-order valence-corrected chi connectivity index (χ4v) is 8.85. The van der Waals surface area contributed by atoms with Crippen molar-refractivity contribution in [3.05, 3.63) is 207 Å². The molecule has 322 valence electrons. The van der Waals surface area contributed by atoms with Gasteiger partial charge in [0, 0.05) is 45.3 Å². The molecule has 10 aromatic rings. The first-order valence-electron chi connectivity index (χ1n) is 20.6. The molecule has 64 heavy (non-hydrogen) atoms. The molecule has 0 bridgehead atoms. The highest BCUT2D eigenvalue weighted by atomic mass is 127. The van der Waals surface area contributed by atoms with Gasteiger partial charge in [0.15, 0.2) is 0 Å². The minimum Gasteiger partial charge on any atom is -0.387 e. The molecule has 2 heterocycles. The van der Waals surface area contributed by atoms with Gasteiger partial charge in [-0.25, -0.2) is 0 Å². The van der Waals surface area contributed by atoms with Crippen molar-refractivity contribution in [2.75, 3.05) is 4.93 Å². The van der Waals surface area contributed by atoms with Gasteiger partial charge in [0.25, 0.3) is 0 Å². The maximum absolute atomic E-state index is 9.10. The van der Waals surface area contributed by atoms with Crippen molar-refractivity contribution in [3.8, 4) is 22.5 Å². The Morgan fingerprint density at radius 2 is 0.797 bits per heavy atom. The Bertz CT molecular complexity index is 2990. The van der Waals surface area contributed by atoms with Crippen LogP contribution in [-0.4, -0.2) is 43.3 Å². The van der Waals surface area contributed by atoms with Gasteiger partial charge in [-0.05, 0) is 128 Å². The van der Waals surface area contributed by atoms with Gasteiger partial charge >= 0.3 is 0 Å². The lowest BCUT2D eigenvalue weighted by molar-refractivity contribution is -0.107. The topological polar surface area (TPSA) is 50.3 Å². The van der Waals surface area contributed by atoms with Crippen LogP contribution in [0, 0.1) is 3.57 Å². The average molecular weight is 1190 g/mol. The smallest absolute Gasteiger partial charge is 0.116 e. The Morgan fingerprint density at radius 3 is 1.19 bits per heavy atom. The Morgan fingerprint density at radius 1 is 0.438 bits per heavy atom. The molecule has 0 atom stereocenters. The van der Waals surface area contributed by atoms with Gasteiger partial charge in [-0.1, -0.05) is 187 Å². The fraction of sp³-hybridized carbons (Fsp3) is 0.127. The van der Waals surface area contributed by atoms with E-state index in [2.05, 4.69) is 250 Å². The van der Waals surface area contributed by atoms with Crippen molar-refractivity contribution in [2.24, 2.45) is 0 Å². The van der Waals surface area contributed by atoms with Crippen LogP contribution in [0.3, 0.4) is 0 Å². The average Bonchev–Trinajstić information content (AvgIpc) is 3.80. The SMILES string of the molecule is Brc1cccc(-c2ccccc2-n2c3ccccc3c3ccccc32)c1.Brc1cccc(I)c1.CC(C)(O)C(C)(C)O.CI.[B]c1ccccc1-n1c2ccccc2c2ccccc21. The molecule has 0 fully saturated rings. The minimum atomic E-state index is -1.01. The summed E-state index contributed by atoms with van der Waals surface area (Å²) in [4.78, 5) is 1.97. The zero-order valence-corrected chi connectivity index (χ0v) is 43.8. The van der Waals surface area contributed by atoms with E-state index in [1.807, 2.05) is 35.3 Å². The molecule has 2 N–H and O–H groups in total. The minimum absolute atomic E-state index is 0.791. The molecule has 2 radical (unpaired) electrons. The highest BCUT2D eigenvalue weighted by Crippen LogP contribution is 2.37. The summed E-state index contributed by atoms with van der Waals surface area (Å²) in [5, 5.41) is 23.3. The summed E-state index contributed by atoms with van der Waals surface area (Å²) in [6.45, 7) is 6.31. The van der Waals surface area contributed by atoms with Crippen molar-refractivity contribution < 1.29 is 10.2 Å². The molecule has 4 nitrogen and oxygen atoms in total. The van der Waals surface area contributed by atoms with Gasteiger partial charge in [-0.15, -0.1) is 0 Å². The number of hydrogen-bond donors (Lipinski definition) is 2. The number of aromatic nitrogens is 2. The molecular weight excluding hydrogens is 1150 g/mol. The summed E-state index contributed by atoms with van der Waals surface area (Å²) < 4.78 is 8.11. The first kappa shape index (κ1) is 49.2. The Kier molecular flexibility index (Phi) is 17.1. The van der Waals surface area contributed by atoms with Crippen LogP contribution in [0.4, 0.5) is 0 Å². The van der Waals surface area contributed by atoms with Crippen LogP contribution in [0.25, 0.3) is 66.1 Å². The maximum atomic E-state index is 9.10. The predicted octanol–water partition coefficient (Wildman–Crippen LogP) is 15.4. The van der Waals surface area contributed by atoms with E-state index in [1.54, 1.807) is 27.7 Å². The number of benzene rings is 8. The third-order valence-electron chi connectivity index (χ3n) is 10.9. The van der Waals surface area contributed by atoms with E-state index in [4.69, 9.17) is 18.1 Å². The lowest BCUT2D eigenvalue weighted by Crippen LogP contribution is -2.44. The van der Waals surface area contributed by atoms with Crippen molar-refractivity contribution in [1.82, 2.24) is 9.13 Å². The number of halogens is 4. The maximum Gasteiger partial charge on any atom is 0.116 e. The standard InChI is InChI=1S/C24H16BrN.C18H12BN.C6H4BrI.C6H14O2.CH3I/c25-18-9-7-8-17(16-18)19-10-1-4-13-22(19)26-23-14-5-2-11-20(23)21-12-3-6-15-24(21)26;19-15-9-3-6-12-18(15)20-16-10-4-1-7-13(16)14-8-2-5-11-17(14)20;7-5-2-1-3-6(8)4-5;1-5(2,7)6(3,4)8;1-2/h1-16H;1-12H;1-4H;7-8H,1-4H3;1H3. The summed E-state index contributed by atoms with van der Waals surface area (Å²) in [5.41, 5.74) is 8.27. The quantitative estimate of drug-likeness (QED) is 0.105. The van der Waals surface area contributed by atoms with Gasteiger partial charge in [0.05, 0.1) is 39.0 Å². The Labute approximate surface area is 422 Å². The van der Waals surface area contributed by atoms with Gasteiger partial charge in [0.1, 0.15) is 7.85 Å². The fourth-order valence-electron chi connectivity index (χ4n) is 7.08. The Balaban J connectivity index is 0.000000157. The van der Waals surface area contributed by atoms with Crippen LogP contribution in [0.1, 0.15) is 27.7 Å². The van der Waals surface area contributed by atoms with Gasteiger partial charge < -0.3 is 19.3 Å². The zero-order valence-electron chi connectivity index (χ0n) is 36.4. The number of hydrogen-bond acceptors (Lipinski definition) is 2. The molecule has 0 aliphatic carbocycles. The summed E-state index contributed by atoms with van der Waals surface area (Å²) in [5.74, 6) is 0. The molecule has 8 aromatic carbocycles. The zero-order chi connectivity index (χ0) is 46.0. The molecule has 0 amide bonds. The number of aliphatic hydroxyl groups is 2. The Hall–Kier alpha value is -4.24. The normalized spacial score (nSPS) is 11.1. The van der Waals surface area contributed by atoms with Crippen molar-refractivity contribution in [2.45, 2.75) is 38.9 Å². The number of fused-ring (bicyclic) bond motifs is 6. The van der Waals surface area contributed by atoms with Crippen molar-refractivity contribution >= 4 is 134 Å². The molecule has 0 saturated carbocycles. The third-order valence-corrected chi connectivity index (χ3v) is 12.6. The first-order chi connectivity index (χ1) is 30.7. The monoisotopic (exact) mass is 1190 g/mol. The molecule has 0 saturated heterocycles. The van der Waals surface area contributed by atoms with E-state index < -0.39 is 11.2 Å². The second-order valence-corrected chi connectivity index (χ2v) is 19.0. The van der Waals surface area contributed by atoms with Crippen molar-refractivity contribution in [1.29, 1.82) is 0 Å². The predicted molar refractivity (Wildman–Crippen MR) is 299 cm³/mol. The van der Waals surface area contributed by atoms with Crippen LogP contribution in [0.15, 0.2) is 203 Å². The molecule has 0 aliphatic rings. The van der Waals surface area contributed by atoms with Crippen LogP contribution in [-0.2, 0) is 0 Å². The number of para-hydroxylation sites is 6. The van der Waals surface area contributed by atoms with Gasteiger partial charge in [-0.2, -0.15) is 0 Å². The van der Waals surface area contributed by atoms with Crippen molar-refractivity contribution in [3.63, 3.8) is 0 Å². The van der Waals surface area contributed by atoms with Crippen LogP contribution in [0.2, 0.25) is 0 Å². The second kappa shape index (κ2) is 22.3. The molecule has 0 spiro atoms. The van der Waals surface area contributed by atoms with E-state index in [-0.39, 0.29) is 0 Å². The number of nitrogens with zero attached hydrogens (tertiary/aromatic N) is 2. The summed E-state index contributed by atoms with van der Waals surface area (Å²) in [6, 6.07) is 67.4. The van der Waals surface area contributed by atoms with Gasteiger partial charge in [-0.3, -0.25) is 0 Å². The molecule has 9 heteroatoms. The second-order valence-electron chi connectivity index (χ2n) is 15.9. The summed E-state index contributed by atoms with van der Waals surface area (Å²) in [7, 11) is 6.17. The lowest BCUT2D eigenvalue weighted by atomic mass is 9.90. The molecule has 10 rings (SSSR count). The largest absolute Gasteiger partial charge is 0.387 e. The van der Waals surface area contributed by atoms with E-state index in [0.29, 0.717) is 0 Å². The van der Waals surface area contributed by atoms with E-state index in [0.717, 1.165) is 20.1 Å². The summed E-state index contributed by atoms with van der Waals surface area (Å²) in [6.07, 6.45) is 0.